The monoisotopic (exact) mass is 413 g/mol. The summed E-state index contributed by atoms with van der Waals surface area (Å²) in [5.41, 5.74) is 0.727. The van der Waals surface area contributed by atoms with Crippen LogP contribution < -0.4 is 10.1 Å². The summed E-state index contributed by atoms with van der Waals surface area (Å²) in [5, 5.41) is 2.92. The molecule has 0 bridgehead atoms. The maximum Gasteiger partial charge on any atom is 0.260 e. The van der Waals surface area contributed by atoms with Crippen molar-refractivity contribution in [2.45, 2.75) is 51.4 Å². The second-order valence-corrected chi connectivity index (χ2v) is 9.12. The van der Waals surface area contributed by atoms with Crippen LogP contribution in [0.4, 0.5) is 5.69 Å². The van der Waals surface area contributed by atoms with E-state index in [1.807, 2.05) is 23.1 Å². The molecule has 1 heterocycles. The standard InChI is InChI=1S/C24H35N3O3/c28-23(18-30-22-9-4-8-21(16-22)25-24(29)20-10-11-20)27-13-5-12-26(14-15-27)17-19-6-2-1-3-7-19/h4,8-9,16,19-20H,1-3,5-7,10-15,17-18H2,(H,25,29). The Labute approximate surface area is 179 Å². The van der Waals surface area contributed by atoms with Gasteiger partial charge in [-0.05, 0) is 56.7 Å². The second kappa shape index (κ2) is 10.3. The van der Waals surface area contributed by atoms with Gasteiger partial charge >= 0.3 is 0 Å². The van der Waals surface area contributed by atoms with E-state index >= 15 is 0 Å². The van der Waals surface area contributed by atoms with Gasteiger partial charge in [0.2, 0.25) is 5.91 Å². The first-order valence-corrected chi connectivity index (χ1v) is 11.7. The van der Waals surface area contributed by atoms with E-state index in [4.69, 9.17) is 4.74 Å². The summed E-state index contributed by atoms with van der Waals surface area (Å²) in [7, 11) is 0. The minimum Gasteiger partial charge on any atom is -0.484 e. The molecule has 1 aliphatic heterocycles. The summed E-state index contributed by atoms with van der Waals surface area (Å²) in [4.78, 5) is 29.1. The quantitative estimate of drug-likeness (QED) is 0.743. The van der Waals surface area contributed by atoms with Gasteiger partial charge in [-0.15, -0.1) is 0 Å². The van der Waals surface area contributed by atoms with Crippen molar-refractivity contribution in [2.24, 2.45) is 11.8 Å². The first-order chi connectivity index (χ1) is 14.7. The van der Waals surface area contributed by atoms with Crippen LogP contribution in [-0.2, 0) is 9.59 Å². The minimum atomic E-state index is 0.0435. The van der Waals surface area contributed by atoms with E-state index in [-0.39, 0.29) is 24.3 Å². The third-order valence-electron chi connectivity index (χ3n) is 6.59. The molecule has 0 spiro atoms. The lowest BCUT2D eigenvalue weighted by atomic mass is 9.89. The maximum absolute atomic E-state index is 12.7. The highest BCUT2D eigenvalue weighted by Gasteiger charge is 2.29. The lowest BCUT2D eigenvalue weighted by Gasteiger charge is -2.28. The smallest absolute Gasteiger partial charge is 0.260 e. The van der Waals surface area contributed by atoms with Crippen molar-refractivity contribution < 1.29 is 14.3 Å². The third-order valence-corrected chi connectivity index (χ3v) is 6.59. The van der Waals surface area contributed by atoms with Crippen LogP contribution in [0, 0.1) is 11.8 Å². The third kappa shape index (κ3) is 6.21. The molecular weight excluding hydrogens is 378 g/mol. The Balaban J connectivity index is 1.21. The molecule has 6 nitrogen and oxygen atoms in total. The van der Waals surface area contributed by atoms with E-state index in [9.17, 15) is 9.59 Å². The number of hydrogen-bond acceptors (Lipinski definition) is 4. The van der Waals surface area contributed by atoms with Gasteiger partial charge in [-0.3, -0.25) is 9.59 Å². The molecule has 2 saturated carbocycles. The molecule has 6 heteroatoms. The minimum absolute atomic E-state index is 0.0435. The molecule has 164 valence electrons. The molecule has 1 N–H and O–H groups in total. The molecule has 0 aromatic heterocycles. The largest absolute Gasteiger partial charge is 0.484 e. The van der Waals surface area contributed by atoms with Gasteiger partial charge < -0.3 is 19.9 Å². The highest BCUT2D eigenvalue weighted by atomic mass is 16.5. The van der Waals surface area contributed by atoms with Crippen molar-refractivity contribution >= 4 is 17.5 Å². The second-order valence-electron chi connectivity index (χ2n) is 9.12. The Morgan fingerprint density at radius 2 is 1.80 bits per heavy atom. The number of carbonyl (C=O) groups is 2. The molecule has 4 rings (SSSR count). The van der Waals surface area contributed by atoms with Crippen molar-refractivity contribution in [3.8, 4) is 5.75 Å². The number of anilines is 1. The zero-order valence-electron chi connectivity index (χ0n) is 18.0. The van der Waals surface area contributed by atoms with Crippen LogP contribution in [0.3, 0.4) is 0 Å². The summed E-state index contributed by atoms with van der Waals surface area (Å²) in [6.45, 7) is 4.88. The van der Waals surface area contributed by atoms with E-state index in [2.05, 4.69) is 10.2 Å². The fraction of sp³-hybridized carbons (Fsp3) is 0.667. The molecule has 1 saturated heterocycles. The molecule has 0 unspecified atom stereocenters. The molecule has 30 heavy (non-hydrogen) atoms. The van der Waals surface area contributed by atoms with Crippen LogP contribution in [0.25, 0.3) is 0 Å². The number of nitrogens with zero attached hydrogens (tertiary/aromatic N) is 2. The van der Waals surface area contributed by atoms with Crippen LogP contribution >= 0.6 is 0 Å². The predicted molar refractivity (Wildman–Crippen MR) is 118 cm³/mol. The van der Waals surface area contributed by atoms with E-state index in [1.165, 1.54) is 38.6 Å². The topological polar surface area (TPSA) is 61.9 Å². The number of amides is 2. The summed E-state index contributed by atoms with van der Waals surface area (Å²) in [6, 6.07) is 7.32. The van der Waals surface area contributed by atoms with Crippen molar-refractivity contribution in [1.82, 2.24) is 9.80 Å². The highest BCUT2D eigenvalue weighted by molar-refractivity contribution is 5.94. The number of hydrogen-bond donors (Lipinski definition) is 1. The van der Waals surface area contributed by atoms with Gasteiger partial charge in [-0.2, -0.15) is 0 Å². The first kappa shape index (κ1) is 21.2. The molecule has 1 aromatic carbocycles. The van der Waals surface area contributed by atoms with Gasteiger partial charge in [0.15, 0.2) is 6.61 Å². The van der Waals surface area contributed by atoms with Crippen LogP contribution in [0.1, 0.15) is 51.4 Å². The Bertz CT molecular complexity index is 728. The number of nitrogens with one attached hydrogen (secondary N) is 1. The Morgan fingerprint density at radius 1 is 0.967 bits per heavy atom. The summed E-state index contributed by atoms with van der Waals surface area (Å²) >= 11 is 0. The fourth-order valence-electron chi connectivity index (χ4n) is 4.63. The van der Waals surface area contributed by atoms with Crippen molar-refractivity contribution in [1.29, 1.82) is 0 Å². The van der Waals surface area contributed by atoms with Gasteiger partial charge in [-0.1, -0.05) is 25.3 Å². The molecule has 0 radical (unpaired) electrons. The van der Waals surface area contributed by atoms with E-state index in [1.54, 1.807) is 6.07 Å². The van der Waals surface area contributed by atoms with E-state index < -0.39 is 0 Å². The average molecular weight is 414 g/mol. The molecule has 2 aliphatic carbocycles. The van der Waals surface area contributed by atoms with Gasteiger partial charge in [0.1, 0.15) is 5.75 Å². The normalized spacial score (nSPS) is 21.1. The predicted octanol–water partition coefficient (Wildman–Crippen LogP) is 3.53. The average Bonchev–Trinajstić information content (AvgIpc) is 3.61. The zero-order chi connectivity index (χ0) is 20.8. The Kier molecular flexibility index (Phi) is 7.26. The lowest BCUT2D eigenvalue weighted by Crippen LogP contribution is -2.39. The zero-order valence-corrected chi connectivity index (χ0v) is 18.0. The number of rotatable bonds is 7. The van der Waals surface area contributed by atoms with Crippen molar-refractivity contribution in [2.75, 3.05) is 44.6 Å². The number of benzene rings is 1. The molecule has 2 amide bonds. The van der Waals surface area contributed by atoms with Gasteiger partial charge in [-0.25, -0.2) is 0 Å². The number of carbonyl (C=O) groups excluding carboxylic acids is 2. The molecule has 3 fully saturated rings. The Hall–Kier alpha value is -2.08. The van der Waals surface area contributed by atoms with Crippen LogP contribution in [0.5, 0.6) is 5.75 Å². The van der Waals surface area contributed by atoms with E-state index in [0.717, 1.165) is 57.0 Å². The number of ether oxygens (including phenoxy) is 1. The van der Waals surface area contributed by atoms with Crippen molar-refractivity contribution in [3.63, 3.8) is 0 Å². The van der Waals surface area contributed by atoms with Crippen LogP contribution in [-0.4, -0.2) is 60.9 Å². The van der Waals surface area contributed by atoms with Gasteiger partial charge in [0.25, 0.3) is 5.91 Å². The molecule has 3 aliphatic rings. The first-order valence-electron chi connectivity index (χ1n) is 11.7. The van der Waals surface area contributed by atoms with Crippen LogP contribution in [0.2, 0.25) is 0 Å². The molecular formula is C24H35N3O3. The maximum atomic E-state index is 12.7. The van der Waals surface area contributed by atoms with Crippen molar-refractivity contribution in [3.05, 3.63) is 24.3 Å². The van der Waals surface area contributed by atoms with Crippen LogP contribution in [0.15, 0.2) is 24.3 Å². The van der Waals surface area contributed by atoms with E-state index in [0.29, 0.717) is 5.75 Å². The summed E-state index contributed by atoms with van der Waals surface area (Å²) < 4.78 is 5.75. The summed E-state index contributed by atoms with van der Waals surface area (Å²) in [5.74, 6) is 1.74. The fourth-order valence-corrected chi connectivity index (χ4v) is 4.63. The molecule has 0 atom stereocenters. The Morgan fingerprint density at radius 3 is 2.60 bits per heavy atom. The summed E-state index contributed by atoms with van der Waals surface area (Å²) in [6.07, 6.45) is 9.88. The van der Waals surface area contributed by atoms with Gasteiger partial charge in [0, 0.05) is 43.9 Å². The SMILES string of the molecule is O=C(Nc1cccc(OCC(=O)N2CCCN(CC3CCCCC3)CC2)c1)C1CC1. The lowest BCUT2D eigenvalue weighted by molar-refractivity contribution is -0.133. The highest BCUT2D eigenvalue weighted by Crippen LogP contribution is 2.30. The van der Waals surface area contributed by atoms with Gasteiger partial charge in [0.05, 0.1) is 0 Å². The molecule has 1 aromatic rings.